The van der Waals surface area contributed by atoms with E-state index in [0.29, 0.717) is 0 Å². The van der Waals surface area contributed by atoms with E-state index < -0.39 is 0 Å². The molecule has 1 heterocycles. The highest BCUT2D eigenvalue weighted by molar-refractivity contribution is 9.10. The third-order valence-corrected chi connectivity index (χ3v) is 3.98. The normalized spacial score (nSPS) is 10.7. The third-order valence-electron chi connectivity index (χ3n) is 2.18. The number of aromatic nitrogens is 2. The lowest BCUT2D eigenvalue weighted by atomic mass is 10.2. The van der Waals surface area contributed by atoms with Crippen LogP contribution in [0.2, 0.25) is 0 Å². The van der Waals surface area contributed by atoms with Crippen molar-refractivity contribution in [2.75, 3.05) is 0 Å². The molecule has 0 unspecified atom stereocenters. The Hall–Kier alpha value is -0.780. The van der Waals surface area contributed by atoms with E-state index in [1.165, 1.54) is 0 Å². The SMILES string of the molecule is Cn1ccnc1Sc1ccc(CO)c(Br)c1. The summed E-state index contributed by atoms with van der Waals surface area (Å²) in [6.07, 6.45) is 3.69. The second-order valence-electron chi connectivity index (χ2n) is 3.33. The number of aliphatic hydroxyl groups is 1. The molecule has 5 heteroatoms. The summed E-state index contributed by atoms with van der Waals surface area (Å²) in [6, 6.07) is 5.88. The molecule has 84 valence electrons. The molecule has 0 spiro atoms. The Morgan fingerprint density at radius 2 is 2.31 bits per heavy atom. The van der Waals surface area contributed by atoms with Gasteiger partial charge in [0.05, 0.1) is 6.61 Å². The number of nitrogens with zero attached hydrogens (tertiary/aromatic N) is 2. The van der Waals surface area contributed by atoms with E-state index in [0.717, 1.165) is 20.1 Å². The first-order valence-electron chi connectivity index (χ1n) is 4.75. The number of benzene rings is 1. The predicted octanol–water partition coefficient (Wildman–Crippen LogP) is 2.83. The van der Waals surface area contributed by atoms with Crippen LogP contribution in [0.4, 0.5) is 0 Å². The Kier molecular flexibility index (Phi) is 3.68. The molecule has 0 atom stereocenters. The van der Waals surface area contributed by atoms with Crippen molar-refractivity contribution in [1.29, 1.82) is 0 Å². The van der Waals surface area contributed by atoms with Crippen molar-refractivity contribution >= 4 is 27.7 Å². The summed E-state index contributed by atoms with van der Waals surface area (Å²) >= 11 is 5.02. The Balaban J connectivity index is 2.23. The molecule has 0 aliphatic carbocycles. The maximum absolute atomic E-state index is 9.06. The smallest absolute Gasteiger partial charge is 0.172 e. The molecule has 0 radical (unpaired) electrons. The van der Waals surface area contributed by atoms with Gasteiger partial charge in [0.15, 0.2) is 5.16 Å². The summed E-state index contributed by atoms with van der Waals surface area (Å²) in [7, 11) is 1.96. The van der Waals surface area contributed by atoms with Crippen molar-refractivity contribution in [2.24, 2.45) is 7.05 Å². The predicted molar refractivity (Wildman–Crippen MR) is 67.4 cm³/mol. The van der Waals surface area contributed by atoms with Crippen LogP contribution in [0.1, 0.15) is 5.56 Å². The van der Waals surface area contributed by atoms with Gasteiger partial charge in [0, 0.05) is 28.8 Å². The van der Waals surface area contributed by atoms with Gasteiger partial charge in [0.25, 0.3) is 0 Å². The fraction of sp³-hybridized carbons (Fsp3) is 0.182. The number of halogens is 1. The van der Waals surface area contributed by atoms with Crippen molar-refractivity contribution in [3.63, 3.8) is 0 Å². The highest BCUT2D eigenvalue weighted by atomic mass is 79.9. The van der Waals surface area contributed by atoms with Gasteiger partial charge in [-0.25, -0.2) is 4.98 Å². The zero-order chi connectivity index (χ0) is 11.5. The second kappa shape index (κ2) is 5.03. The molecule has 1 aromatic heterocycles. The number of aliphatic hydroxyl groups excluding tert-OH is 1. The van der Waals surface area contributed by atoms with E-state index in [1.807, 2.05) is 36.0 Å². The Morgan fingerprint density at radius 3 is 2.88 bits per heavy atom. The molecule has 3 nitrogen and oxygen atoms in total. The van der Waals surface area contributed by atoms with E-state index in [4.69, 9.17) is 5.11 Å². The molecule has 0 aliphatic rings. The number of aryl methyl sites for hydroxylation is 1. The minimum absolute atomic E-state index is 0.0495. The lowest BCUT2D eigenvalue weighted by Gasteiger charge is -2.05. The zero-order valence-corrected chi connectivity index (χ0v) is 11.1. The van der Waals surface area contributed by atoms with Gasteiger partial charge in [-0.2, -0.15) is 0 Å². The average Bonchev–Trinajstić information content (AvgIpc) is 2.65. The summed E-state index contributed by atoms with van der Waals surface area (Å²) in [5.41, 5.74) is 0.893. The van der Waals surface area contributed by atoms with Crippen LogP contribution < -0.4 is 0 Å². The molecule has 16 heavy (non-hydrogen) atoms. The van der Waals surface area contributed by atoms with Gasteiger partial charge in [0.1, 0.15) is 0 Å². The van der Waals surface area contributed by atoms with Gasteiger partial charge in [-0.15, -0.1) is 0 Å². The lowest BCUT2D eigenvalue weighted by molar-refractivity contribution is 0.281. The van der Waals surface area contributed by atoms with Crippen LogP contribution in [0, 0.1) is 0 Å². The Labute approximate surface area is 107 Å². The van der Waals surface area contributed by atoms with Crippen LogP contribution in [0.15, 0.2) is 45.1 Å². The molecular formula is C11H11BrN2OS. The number of rotatable bonds is 3. The minimum atomic E-state index is 0.0495. The van der Waals surface area contributed by atoms with Gasteiger partial charge in [-0.05, 0) is 17.7 Å². The summed E-state index contributed by atoms with van der Waals surface area (Å²) in [4.78, 5) is 5.34. The summed E-state index contributed by atoms with van der Waals surface area (Å²) in [5, 5.41) is 10.0. The Morgan fingerprint density at radius 1 is 1.50 bits per heavy atom. The van der Waals surface area contributed by atoms with E-state index in [9.17, 15) is 0 Å². The largest absolute Gasteiger partial charge is 0.392 e. The van der Waals surface area contributed by atoms with Gasteiger partial charge < -0.3 is 9.67 Å². The van der Waals surface area contributed by atoms with Crippen LogP contribution in [0.25, 0.3) is 0 Å². The van der Waals surface area contributed by atoms with E-state index in [2.05, 4.69) is 20.9 Å². The van der Waals surface area contributed by atoms with Crippen LogP contribution >= 0.6 is 27.7 Å². The fourth-order valence-corrected chi connectivity index (χ4v) is 2.77. The van der Waals surface area contributed by atoms with Gasteiger partial charge in [-0.1, -0.05) is 33.8 Å². The quantitative estimate of drug-likeness (QED) is 0.947. The topological polar surface area (TPSA) is 38.0 Å². The zero-order valence-electron chi connectivity index (χ0n) is 8.72. The first kappa shape index (κ1) is 11.7. The highest BCUT2D eigenvalue weighted by Crippen LogP contribution is 2.29. The van der Waals surface area contributed by atoms with E-state index in [-0.39, 0.29) is 6.61 Å². The molecule has 2 rings (SSSR count). The van der Waals surface area contributed by atoms with E-state index in [1.54, 1.807) is 18.0 Å². The molecule has 0 saturated heterocycles. The van der Waals surface area contributed by atoms with Crippen LogP contribution in [-0.4, -0.2) is 14.7 Å². The third kappa shape index (κ3) is 2.48. The lowest BCUT2D eigenvalue weighted by Crippen LogP contribution is -1.89. The highest BCUT2D eigenvalue weighted by Gasteiger charge is 2.05. The summed E-state index contributed by atoms with van der Waals surface area (Å²) in [5.74, 6) is 0. The van der Waals surface area contributed by atoms with Crippen molar-refractivity contribution < 1.29 is 5.11 Å². The Bertz CT molecular complexity index is 498. The number of imidazole rings is 1. The maximum atomic E-state index is 9.06. The van der Waals surface area contributed by atoms with E-state index >= 15 is 0 Å². The second-order valence-corrected chi connectivity index (χ2v) is 5.23. The fourth-order valence-electron chi connectivity index (χ4n) is 1.28. The molecule has 1 aromatic carbocycles. The summed E-state index contributed by atoms with van der Waals surface area (Å²) < 4.78 is 2.90. The summed E-state index contributed by atoms with van der Waals surface area (Å²) in [6.45, 7) is 0.0495. The molecule has 0 aliphatic heterocycles. The molecule has 0 saturated carbocycles. The van der Waals surface area contributed by atoms with Crippen molar-refractivity contribution in [1.82, 2.24) is 9.55 Å². The first-order valence-corrected chi connectivity index (χ1v) is 6.36. The standard InChI is InChI=1S/C11H11BrN2OS/c1-14-5-4-13-11(14)16-9-3-2-8(7-15)10(12)6-9/h2-6,15H,7H2,1H3. The molecule has 0 bridgehead atoms. The molecule has 2 aromatic rings. The van der Waals surface area contributed by atoms with Crippen LogP contribution in [-0.2, 0) is 13.7 Å². The monoisotopic (exact) mass is 298 g/mol. The maximum Gasteiger partial charge on any atom is 0.172 e. The molecule has 1 N–H and O–H groups in total. The van der Waals surface area contributed by atoms with Crippen molar-refractivity contribution in [3.05, 3.63) is 40.6 Å². The number of hydrogen-bond acceptors (Lipinski definition) is 3. The van der Waals surface area contributed by atoms with Crippen molar-refractivity contribution in [2.45, 2.75) is 16.7 Å². The first-order chi connectivity index (χ1) is 7.70. The van der Waals surface area contributed by atoms with Crippen LogP contribution in [0.3, 0.4) is 0 Å². The average molecular weight is 299 g/mol. The van der Waals surface area contributed by atoms with Gasteiger partial charge in [-0.3, -0.25) is 0 Å². The van der Waals surface area contributed by atoms with Crippen molar-refractivity contribution in [3.8, 4) is 0 Å². The van der Waals surface area contributed by atoms with Gasteiger partial charge in [0.2, 0.25) is 0 Å². The van der Waals surface area contributed by atoms with Gasteiger partial charge >= 0.3 is 0 Å². The molecular weight excluding hydrogens is 288 g/mol. The molecule has 0 amide bonds. The number of hydrogen-bond donors (Lipinski definition) is 1. The van der Waals surface area contributed by atoms with Crippen LogP contribution in [0.5, 0.6) is 0 Å². The molecule has 0 fully saturated rings. The minimum Gasteiger partial charge on any atom is -0.392 e.